The summed E-state index contributed by atoms with van der Waals surface area (Å²) in [5.74, 6) is 0.779. The zero-order chi connectivity index (χ0) is 12.9. The fourth-order valence-corrected chi connectivity index (χ4v) is 3.20. The van der Waals surface area contributed by atoms with Gasteiger partial charge in [-0.25, -0.2) is 0 Å². The molecule has 102 valence electrons. The Hall–Kier alpha value is -0.120. The summed E-state index contributed by atoms with van der Waals surface area (Å²) in [6, 6.07) is 0.650. The van der Waals surface area contributed by atoms with Gasteiger partial charge in [-0.2, -0.15) is 0 Å². The van der Waals surface area contributed by atoms with Crippen LogP contribution in [0.1, 0.15) is 33.6 Å². The zero-order valence-corrected chi connectivity index (χ0v) is 12.3. The second-order valence-electron chi connectivity index (χ2n) is 6.01. The van der Waals surface area contributed by atoms with Gasteiger partial charge < -0.3 is 15.0 Å². The van der Waals surface area contributed by atoms with Gasteiger partial charge in [0.05, 0.1) is 6.61 Å². The molecule has 0 spiro atoms. The average molecular weight is 242 g/mol. The highest BCUT2D eigenvalue weighted by molar-refractivity contribution is 4.96. The van der Waals surface area contributed by atoms with Crippen molar-refractivity contribution < 1.29 is 4.74 Å². The van der Waals surface area contributed by atoms with E-state index in [0.717, 1.165) is 25.7 Å². The van der Waals surface area contributed by atoms with E-state index in [-0.39, 0.29) is 0 Å². The highest BCUT2D eigenvalue weighted by Gasteiger charge is 2.40. The van der Waals surface area contributed by atoms with E-state index >= 15 is 0 Å². The number of ether oxygens (including phenoxy) is 1. The summed E-state index contributed by atoms with van der Waals surface area (Å²) >= 11 is 0. The minimum Gasteiger partial charge on any atom is -0.380 e. The molecule has 1 rings (SSSR count). The third-order valence-electron chi connectivity index (χ3n) is 4.15. The lowest BCUT2D eigenvalue weighted by atomic mass is 9.85. The molecule has 0 aromatic rings. The fourth-order valence-electron chi connectivity index (χ4n) is 3.20. The first-order chi connectivity index (χ1) is 8.01. The van der Waals surface area contributed by atoms with Crippen LogP contribution in [0, 0.1) is 11.3 Å². The second-order valence-corrected chi connectivity index (χ2v) is 6.01. The quantitative estimate of drug-likeness (QED) is 0.691. The van der Waals surface area contributed by atoms with Crippen molar-refractivity contribution in [2.24, 2.45) is 11.3 Å². The Balaban J connectivity index is 2.35. The Kier molecular flexibility index (Phi) is 5.90. The maximum Gasteiger partial charge on any atom is 0.0593 e. The Bertz CT molecular complexity index is 218. The van der Waals surface area contributed by atoms with E-state index in [4.69, 9.17) is 4.74 Å². The molecule has 2 atom stereocenters. The molecule has 3 heteroatoms. The third kappa shape index (κ3) is 4.23. The lowest BCUT2D eigenvalue weighted by molar-refractivity contribution is 0.113. The van der Waals surface area contributed by atoms with Gasteiger partial charge in [-0.15, -0.1) is 0 Å². The third-order valence-corrected chi connectivity index (χ3v) is 4.15. The van der Waals surface area contributed by atoms with Gasteiger partial charge in [0.2, 0.25) is 0 Å². The first kappa shape index (κ1) is 14.9. The summed E-state index contributed by atoms with van der Waals surface area (Å²) in [5.41, 5.74) is 0.445. The molecule has 3 nitrogen and oxygen atoms in total. The number of nitrogens with zero attached hydrogens (tertiary/aromatic N) is 1. The number of nitrogens with one attached hydrogen (secondary N) is 1. The van der Waals surface area contributed by atoms with E-state index in [1.165, 1.54) is 19.4 Å². The number of rotatable bonds is 7. The maximum atomic E-state index is 5.41. The van der Waals surface area contributed by atoms with E-state index in [2.05, 4.69) is 45.1 Å². The standard InChI is InChI=1S/C14H30N2O/c1-6-17-10-9-16(5)11-12-7-8-14(2,3)13(12)15-4/h12-13,15H,6-11H2,1-5H3. The molecule has 0 radical (unpaired) electrons. The Morgan fingerprint density at radius 2 is 2.12 bits per heavy atom. The molecule has 1 fully saturated rings. The summed E-state index contributed by atoms with van der Waals surface area (Å²) in [6.45, 7) is 10.7. The van der Waals surface area contributed by atoms with Crippen LogP contribution < -0.4 is 5.32 Å². The van der Waals surface area contributed by atoms with Crippen molar-refractivity contribution >= 4 is 0 Å². The summed E-state index contributed by atoms with van der Waals surface area (Å²) in [4.78, 5) is 2.41. The number of hydrogen-bond donors (Lipinski definition) is 1. The van der Waals surface area contributed by atoms with Crippen LogP contribution in [0.5, 0.6) is 0 Å². The smallest absolute Gasteiger partial charge is 0.0593 e. The van der Waals surface area contributed by atoms with Crippen molar-refractivity contribution in [3.63, 3.8) is 0 Å². The van der Waals surface area contributed by atoms with Gasteiger partial charge in [0, 0.05) is 25.7 Å². The van der Waals surface area contributed by atoms with Crippen LogP contribution in [0.2, 0.25) is 0 Å². The minimum absolute atomic E-state index is 0.445. The summed E-state index contributed by atoms with van der Waals surface area (Å²) < 4.78 is 5.41. The molecule has 2 unspecified atom stereocenters. The van der Waals surface area contributed by atoms with Gasteiger partial charge in [-0.3, -0.25) is 0 Å². The molecular weight excluding hydrogens is 212 g/mol. The van der Waals surface area contributed by atoms with Crippen molar-refractivity contribution in [3.05, 3.63) is 0 Å². The molecule has 17 heavy (non-hydrogen) atoms. The van der Waals surface area contributed by atoms with Gasteiger partial charge >= 0.3 is 0 Å². The van der Waals surface area contributed by atoms with Crippen molar-refractivity contribution in [1.82, 2.24) is 10.2 Å². The molecule has 0 amide bonds. The van der Waals surface area contributed by atoms with Crippen molar-refractivity contribution in [2.75, 3.05) is 40.4 Å². The first-order valence-corrected chi connectivity index (χ1v) is 6.94. The van der Waals surface area contributed by atoms with Crippen LogP contribution in [0.15, 0.2) is 0 Å². The number of likely N-dealkylation sites (N-methyl/N-ethyl adjacent to an activating group) is 1. The maximum absolute atomic E-state index is 5.41. The molecule has 1 aliphatic rings. The fraction of sp³-hybridized carbons (Fsp3) is 1.00. The number of hydrogen-bond acceptors (Lipinski definition) is 3. The van der Waals surface area contributed by atoms with Crippen LogP contribution in [0.4, 0.5) is 0 Å². The van der Waals surface area contributed by atoms with Gasteiger partial charge in [0.1, 0.15) is 0 Å². The Morgan fingerprint density at radius 1 is 1.41 bits per heavy atom. The highest BCUT2D eigenvalue weighted by atomic mass is 16.5. The van der Waals surface area contributed by atoms with Gasteiger partial charge in [-0.05, 0) is 45.2 Å². The van der Waals surface area contributed by atoms with Crippen LogP contribution in [0.3, 0.4) is 0 Å². The lowest BCUT2D eigenvalue weighted by Crippen LogP contribution is -2.43. The molecule has 0 saturated heterocycles. The average Bonchev–Trinajstić information content (AvgIpc) is 2.54. The normalized spacial score (nSPS) is 27.9. The predicted molar refractivity (Wildman–Crippen MR) is 73.3 cm³/mol. The van der Waals surface area contributed by atoms with Crippen LogP contribution >= 0.6 is 0 Å². The van der Waals surface area contributed by atoms with E-state index in [1.54, 1.807) is 0 Å². The zero-order valence-electron chi connectivity index (χ0n) is 12.3. The second kappa shape index (κ2) is 6.72. The van der Waals surface area contributed by atoms with Crippen molar-refractivity contribution in [3.8, 4) is 0 Å². The molecule has 0 bridgehead atoms. The van der Waals surface area contributed by atoms with Crippen molar-refractivity contribution in [2.45, 2.75) is 39.7 Å². The van der Waals surface area contributed by atoms with E-state index in [1.807, 2.05) is 0 Å². The van der Waals surface area contributed by atoms with E-state index < -0.39 is 0 Å². The molecule has 1 aliphatic carbocycles. The minimum atomic E-state index is 0.445. The van der Waals surface area contributed by atoms with Gasteiger partial charge in [0.25, 0.3) is 0 Å². The largest absolute Gasteiger partial charge is 0.380 e. The SMILES string of the molecule is CCOCCN(C)CC1CCC(C)(C)C1NC. The van der Waals surface area contributed by atoms with Crippen LogP contribution in [-0.2, 0) is 4.74 Å². The molecule has 1 saturated carbocycles. The molecule has 0 aliphatic heterocycles. The predicted octanol–water partition coefficient (Wildman–Crippen LogP) is 1.98. The molecule has 0 heterocycles. The first-order valence-electron chi connectivity index (χ1n) is 6.94. The van der Waals surface area contributed by atoms with Crippen LogP contribution in [0.25, 0.3) is 0 Å². The summed E-state index contributed by atoms with van der Waals surface area (Å²) in [6.07, 6.45) is 2.68. The molecule has 0 aromatic heterocycles. The topological polar surface area (TPSA) is 24.5 Å². The molecule has 0 aromatic carbocycles. The molecular formula is C14H30N2O. The monoisotopic (exact) mass is 242 g/mol. The van der Waals surface area contributed by atoms with Crippen molar-refractivity contribution in [1.29, 1.82) is 0 Å². The van der Waals surface area contributed by atoms with E-state index in [9.17, 15) is 0 Å². The lowest BCUT2D eigenvalue weighted by Gasteiger charge is -2.32. The molecule has 1 N–H and O–H groups in total. The summed E-state index contributed by atoms with van der Waals surface area (Å²) in [5, 5.41) is 3.52. The summed E-state index contributed by atoms with van der Waals surface area (Å²) in [7, 11) is 4.31. The van der Waals surface area contributed by atoms with Gasteiger partial charge in [0.15, 0.2) is 0 Å². The Labute approximate surface area is 107 Å². The Morgan fingerprint density at radius 3 is 2.71 bits per heavy atom. The highest BCUT2D eigenvalue weighted by Crippen LogP contribution is 2.41. The van der Waals surface area contributed by atoms with Gasteiger partial charge in [-0.1, -0.05) is 13.8 Å². The van der Waals surface area contributed by atoms with Crippen LogP contribution in [-0.4, -0.2) is 51.3 Å². The van der Waals surface area contributed by atoms with E-state index in [0.29, 0.717) is 11.5 Å².